The Bertz CT molecular complexity index is 1120. The number of carbonyl (C=O) groups excluding carboxylic acids is 1. The van der Waals surface area contributed by atoms with Crippen LogP contribution in [0.5, 0.6) is 11.5 Å². The highest BCUT2D eigenvalue weighted by Crippen LogP contribution is 2.28. The zero-order chi connectivity index (χ0) is 22.2. The Labute approximate surface area is 183 Å². The van der Waals surface area contributed by atoms with Gasteiger partial charge in [0.15, 0.2) is 11.5 Å². The number of nitro groups is 1. The molecule has 9 heteroatoms. The number of hydrogen-bond acceptors (Lipinski definition) is 6. The van der Waals surface area contributed by atoms with Crippen molar-refractivity contribution in [1.29, 1.82) is 0 Å². The van der Waals surface area contributed by atoms with Gasteiger partial charge in [-0.15, -0.1) is 0 Å². The third-order valence-electron chi connectivity index (χ3n) is 4.19. The number of methoxy groups -OCH3 is 1. The maximum atomic E-state index is 12.2. The maximum absolute atomic E-state index is 12.2. The van der Waals surface area contributed by atoms with Crippen LogP contribution in [-0.4, -0.2) is 24.2 Å². The predicted molar refractivity (Wildman–Crippen MR) is 117 cm³/mol. The Morgan fingerprint density at radius 1 is 1.13 bits per heavy atom. The topological polar surface area (TPSA) is 103 Å². The van der Waals surface area contributed by atoms with Gasteiger partial charge in [-0.3, -0.25) is 14.9 Å². The molecule has 0 aliphatic carbocycles. The van der Waals surface area contributed by atoms with Crippen molar-refractivity contribution in [3.8, 4) is 11.5 Å². The molecule has 0 aliphatic heterocycles. The molecule has 0 aliphatic rings. The molecule has 0 atom stereocenters. The second-order valence-corrected chi connectivity index (χ2v) is 6.77. The lowest BCUT2D eigenvalue weighted by Gasteiger charge is -2.11. The van der Waals surface area contributed by atoms with Gasteiger partial charge in [0, 0.05) is 22.7 Å². The number of hydrogen-bond donors (Lipinski definition) is 1. The van der Waals surface area contributed by atoms with Gasteiger partial charge in [-0.05, 0) is 47.5 Å². The van der Waals surface area contributed by atoms with Gasteiger partial charge in [0.05, 0.1) is 18.2 Å². The van der Waals surface area contributed by atoms with Crippen LogP contribution in [0.3, 0.4) is 0 Å². The molecule has 3 aromatic carbocycles. The summed E-state index contributed by atoms with van der Waals surface area (Å²) in [6, 6.07) is 17.9. The van der Waals surface area contributed by atoms with Crippen molar-refractivity contribution in [1.82, 2.24) is 5.43 Å². The number of nitrogens with zero attached hydrogens (tertiary/aromatic N) is 2. The van der Waals surface area contributed by atoms with Gasteiger partial charge < -0.3 is 9.47 Å². The fourth-order valence-electron chi connectivity index (χ4n) is 2.62. The van der Waals surface area contributed by atoms with Crippen molar-refractivity contribution in [3.05, 3.63) is 98.6 Å². The van der Waals surface area contributed by atoms with Crippen molar-refractivity contribution in [2.24, 2.45) is 5.10 Å². The summed E-state index contributed by atoms with van der Waals surface area (Å²) in [6.07, 6.45) is 1.43. The zero-order valence-corrected chi connectivity index (χ0v) is 17.2. The number of amides is 1. The number of nitrogens with one attached hydrogen (secondary N) is 1. The first-order valence-corrected chi connectivity index (χ1v) is 9.47. The Morgan fingerprint density at radius 3 is 2.61 bits per heavy atom. The van der Waals surface area contributed by atoms with Crippen LogP contribution in [-0.2, 0) is 6.61 Å². The summed E-state index contributed by atoms with van der Waals surface area (Å²) >= 11 is 5.89. The van der Waals surface area contributed by atoms with E-state index in [4.69, 9.17) is 21.1 Å². The van der Waals surface area contributed by atoms with E-state index in [1.807, 2.05) is 12.1 Å². The Morgan fingerprint density at radius 2 is 1.90 bits per heavy atom. The average Bonchev–Trinajstić information content (AvgIpc) is 2.78. The molecule has 0 spiro atoms. The fourth-order valence-corrected chi connectivity index (χ4v) is 2.74. The van der Waals surface area contributed by atoms with Crippen LogP contribution in [0.25, 0.3) is 0 Å². The van der Waals surface area contributed by atoms with E-state index in [0.29, 0.717) is 28.7 Å². The number of rotatable bonds is 8. The van der Waals surface area contributed by atoms with Gasteiger partial charge in [0.25, 0.3) is 11.6 Å². The quantitative estimate of drug-likeness (QED) is 0.314. The average molecular weight is 440 g/mol. The smallest absolute Gasteiger partial charge is 0.271 e. The number of halogens is 1. The number of non-ortho nitro benzene ring substituents is 1. The maximum Gasteiger partial charge on any atom is 0.271 e. The van der Waals surface area contributed by atoms with Crippen LogP contribution in [0.4, 0.5) is 5.69 Å². The highest BCUT2D eigenvalue weighted by atomic mass is 35.5. The second kappa shape index (κ2) is 10.2. The van der Waals surface area contributed by atoms with Crippen molar-refractivity contribution < 1.29 is 19.2 Å². The van der Waals surface area contributed by atoms with Crippen LogP contribution in [0.2, 0.25) is 5.02 Å². The third kappa shape index (κ3) is 6.03. The lowest BCUT2D eigenvalue weighted by atomic mass is 10.2. The van der Waals surface area contributed by atoms with Crippen LogP contribution in [0.15, 0.2) is 71.8 Å². The van der Waals surface area contributed by atoms with E-state index in [1.165, 1.54) is 37.6 Å². The van der Waals surface area contributed by atoms with Crippen LogP contribution >= 0.6 is 11.6 Å². The molecule has 31 heavy (non-hydrogen) atoms. The molecule has 0 heterocycles. The highest BCUT2D eigenvalue weighted by Gasteiger charge is 2.11. The van der Waals surface area contributed by atoms with E-state index in [9.17, 15) is 14.9 Å². The zero-order valence-electron chi connectivity index (χ0n) is 16.4. The summed E-state index contributed by atoms with van der Waals surface area (Å²) in [4.78, 5) is 22.4. The minimum Gasteiger partial charge on any atom is -0.493 e. The Balaban J connectivity index is 1.67. The largest absolute Gasteiger partial charge is 0.493 e. The Hall–Kier alpha value is -3.91. The summed E-state index contributed by atoms with van der Waals surface area (Å²) in [7, 11) is 1.54. The molecule has 1 N–H and O–H groups in total. The molecule has 0 aromatic heterocycles. The van der Waals surface area contributed by atoms with Crippen molar-refractivity contribution in [3.63, 3.8) is 0 Å². The summed E-state index contributed by atoms with van der Waals surface area (Å²) in [5.41, 5.74) is 3.91. The molecule has 1 amide bonds. The molecular formula is C22H18ClN3O5. The van der Waals surface area contributed by atoms with Gasteiger partial charge in [-0.25, -0.2) is 5.43 Å². The standard InChI is InChI=1S/C22H18ClN3O5/c1-30-20-10-7-16(11-21(20)31-14-15-5-8-18(23)9-6-15)13-24-25-22(27)17-3-2-4-19(12-17)26(28)29/h2-13H,14H2,1H3,(H,25,27)/b24-13-. The monoisotopic (exact) mass is 439 g/mol. The molecule has 0 saturated heterocycles. The molecule has 0 unspecified atom stereocenters. The predicted octanol–water partition coefficient (Wildman–Crippen LogP) is 4.60. The first kappa shape index (κ1) is 21.8. The van der Waals surface area contributed by atoms with Crippen LogP contribution in [0, 0.1) is 10.1 Å². The van der Waals surface area contributed by atoms with Crippen LogP contribution in [0.1, 0.15) is 21.5 Å². The molecule has 8 nitrogen and oxygen atoms in total. The van der Waals surface area contributed by atoms with Crippen molar-refractivity contribution >= 4 is 29.4 Å². The lowest BCUT2D eigenvalue weighted by Crippen LogP contribution is -2.17. The first-order valence-electron chi connectivity index (χ1n) is 9.09. The van der Waals surface area contributed by atoms with E-state index in [1.54, 1.807) is 30.3 Å². The van der Waals surface area contributed by atoms with Gasteiger partial charge in [-0.1, -0.05) is 29.8 Å². The van der Waals surface area contributed by atoms with Gasteiger partial charge in [-0.2, -0.15) is 5.10 Å². The number of hydrazone groups is 1. The number of benzene rings is 3. The molecule has 0 fully saturated rings. The number of carbonyl (C=O) groups is 1. The molecule has 0 bridgehead atoms. The van der Waals surface area contributed by atoms with E-state index in [2.05, 4.69) is 10.5 Å². The van der Waals surface area contributed by atoms with E-state index in [0.717, 1.165) is 5.56 Å². The summed E-state index contributed by atoms with van der Waals surface area (Å²) in [6.45, 7) is 0.317. The third-order valence-corrected chi connectivity index (χ3v) is 4.45. The van der Waals surface area contributed by atoms with Crippen molar-refractivity contribution in [2.75, 3.05) is 7.11 Å². The molecular weight excluding hydrogens is 422 g/mol. The van der Waals surface area contributed by atoms with Crippen molar-refractivity contribution in [2.45, 2.75) is 6.61 Å². The number of nitro benzene ring substituents is 1. The van der Waals surface area contributed by atoms with Gasteiger partial charge >= 0.3 is 0 Å². The summed E-state index contributed by atoms with van der Waals surface area (Å²) < 4.78 is 11.2. The minimum atomic E-state index is -0.566. The molecule has 3 aromatic rings. The first-order chi connectivity index (χ1) is 15.0. The fraction of sp³-hybridized carbons (Fsp3) is 0.0909. The lowest BCUT2D eigenvalue weighted by molar-refractivity contribution is -0.384. The van der Waals surface area contributed by atoms with E-state index >= 15 is 0 Å². The normalized spacial score (nSPS) is 10.6. The molecule has 0 saturated carbocycles. The summed E-state index contributed by atoms with van der Waals surface area (Å²) in [5, 5.41) is 15.4. The summed E-state index contributed by atoms with van der Waals surface area (Å²) in [5.74, 6) is 0.492. The van der Waals surface area contributed by atoms with E-state index < -0.39 is 10.8 Å². The highest BCUT2D eigenvalue weighted by molar-refractivity contribution is 6.30. The minimum absolute atomic E-state index is 0.132. The Kier molecular flexibility index (Phi) is 7.18. The van der Waals surface area contributed by atoms with Gasteiger partial charge in [0.1, 0.15) is 6.61 Å². The molecule has 158 valence electrons. The van der Waals surface area contributed by atoms with Gasteiger partial charge in [0.2, 0.25) is 0 Å². The molecule has 0 radical (unpaired) electrons. The van der Waals surface area contributed by atoms with E-state index in [-0.39, 0.29) is 11.3 Å². The van der Waals surface area contributed by atoms with Crippen LogP contribution < -0.4 is 14.9 Å². The number of ether oxygens (including phenoxy) is 2. The SMILES string of the molecule is COc1ccc(/C=N\NC(=O)c2cccc([N+](=O)[O-])c2)cc1OCc1ccc(Cl)cc1. The molecule has 3 rings (SSSR count). The second-order valence-electron chi connectivity index (χ2n) is 6.33.